The number of para-hydroxylation sites is 1. The summed E-state index contributed by atoms with van der Waals surface area (Å²) in [6.45, 7) is 10.0. The molecule has 1 aromatic carbocycles. The zero-order valence-corrected chi connectivity index (χ0v) is 11.3. The third-order valence-electron chi connectivity index (χ3n) is 3.52. The first-order valence-corrected chi connectivity index (χ1v) is 6.37. The van der Waals surface area contributed by atoms with Gasteiger partial charge < -0.3 is 0 Å². The van der Waals surface area contributed by atoms with Gasteiger partial charge in [0.25, 0.3) is 0 Å². The standard InChI is InChI=1S/C15H20N2O/c1-5-8-12-9-6-7-10-13(12)17-11(2)15(3,4)14(18)16-17/h6-7,9-10H,2,5,8H2,1,3-4H3,(H,16,18). The summed E-state index contributed by atoms with van der Waals surface area (Å²) in [7, 11) is 0. The third-order valence-corrected chi connectivity index (χ3v) is 3.52. The van der Waals surface area contributed by atoms with Gasteiger partial charge >= 0.3 is 0 Å². The molecule has 96 valence electrons. The Morgan fingerprint density at radius 1 is 1.33 bits per heavy atom. The highest BCUT2D eigenvalue weighted by Crippen LogP contribution is 2.37. The van der Waals surface area contributed by atoms with E-state index in [-0.39, 0.29) is 5.91 Å². The first-order valence-electron chi connectivity index (χ1n) is 6.37. The number of carbonyl (C=O) groups is 1. The van der Waals surface area contributed by atoms with E-state index < -0.39 is 5.41 Å². The maximum atomic E-state index is 11.9. The van der Waals surface area contributed by atoms with Gasteiger partial charge in [0.05, 0.1) is 11.1 Å². The van der Waals surface area contributed by atoms with E-state index in [9.17, 15) is 4.79 Å². The highest BCUT2D eigenvalue weighted by atomic mass is 16.2. The van der Waals surface area contributed by atoms with E-state index in [2.05, 4.69) is 25.0 Å². The zero-order valence-electron chi connectivity index (χ0n) is 11.3. The number of hydrogen-bond acceptors (Lipinski definition) is 2. The largest absolute Gasteiger partial charge is 0.272 e. The van der Waals surface area contributed by atoms with E-state index in [4.69, 9.17) is 0 Å². The van der Waals surface area contributed by atoms with Crippen LogP contribution in [0.15, 0.2) is 36.5 Å². The van der Waals surface area contributed by atoms with Gasteiger partial charge in [-0.05, 0) is 31.9 Å². The number of carbonyl (C=O) groups excluding carboxylic acids is 1. The lowest BCUT2D eigenvalue weighted by atomic mass is 9.90. The molecule has 0 radical (unpaired) electrons. The van der Waals surface area contributed by atoms with Gasteiger partial charge in [-0.1, -0.05) is 38.1 Å². The fraction of sp³-hybridized carbons (Fsp3) is 0.400. The molecule has 1 aliphatic rings. The second-order valence-corrected chi connectivity index (χ2v) is 5.23. The minimum Gasteiger partial charge on any atom is -0.272 e. The van der Waals surface area contributed by atoms with Gasteiger partial charge in [-0.25, -0.2) is 0 Å². The summed E-state index contributed by atoms with van der Waals surface area (Å²) in [6, 6.07) is 8.14. The molecule has 0 spiro atoms. The molecule has 0 bridgehead atoms. The fourth-order valence-electron chi connectivity index (χ4n) is 2.13. The van der Waals surface area contributed by atoms with Crippen LogP contribution < -0.4 is 10.4 Å². The van der Waals surface area contributed by atoms with Crippen LogP contribution in [0, 0.1) is 5.41 Å². The number of amides is 1. The Labute approximate surface area is 108 Å². The molecule has 2 rings (SSSR count). The van der Waals surface area contributed by atoms with Crippen molar-refractivity contribution in [2.24, 2.45) is 5.41 Å². The van der Waals surface area contributed by atoms with E-state index in [1.165, 1.54) is 5.56 Å². The van der Waals surface area contributed by atoms with Gasteiger partial charge in [0.15, 0.2) is 0 Å². The molecule has 18 heavy (non-hydrogen) atoms. The normalized spacial score (nSPS) is 18.1. The number of nitrogens with one attached hydrogen (secondary N) is 1. The Morgan fingerprint density at radius 2 is 2.00 bits per heavy atom. The van der Waals surface area contributed by atoms with E-state index in [1.54, 1.807) is 0 Å². The summed E-state index contributed by atoms with van der Waals surface area (Å²) in [6.07, 6.45) is 2.07. The van der Waals surface area contributed by atoms with Crippen molar-refractivity contribution in [1.82, 2.24) is 5.43 Å². The molecule has 3 heteroatoms. The first kappa shape index (κ1) is 12.7. The maximum absolute atomic E-state index is 11.9. The van der Waals surface area contributed by atoms with Gasteiger partial charge in [0, 0.05) is 5.70 Å². The Kier molecular flexibility index (Phi) is 3.16. The number of hydrogen-bond donors (Lipinski definition) is 1. The number of hydrazine groups is 1. The van der Waals surface area contributed by atoms with Crippen LogP contribution in [0.25, 0.3) is 0 Å². The van der Waals surface area contributed by atoms with Crippen molar-refractivity contribution in [1.29, 1.82) is 0 Å². The molecule has 0 aromatic heterocycles. The molecule has 1 aromatic rings. The highest BCUT2D eigenvalue weighted by molar-refractivity contribution is 5.92. The highest BCUT2D eigenvalue weighted by Gasteiger charge is 2.42. The van der Waals surface area contributed by atoms with Gasteiger partial charge in [-0.3, -0.25) is 15.2 Å². The van der Waals surface area contributed by atoms with E-state index in [0.29, 0.717) is 0 Å². The molecular formula is C15H20N2O. The molecule has 0 saturated carbocycles. The van der Waals surface area contributed by atoms with Crippen LogP contribution in [0.4, 0.5) is 5.69 Å². The van der Waals surface area contributed by atoms with Crippen molar-refractivity contribution < 1.29 is 4.79 Å². The van der Waals surface area contributed by atoms with Crippen LogP contribution in [0.2, 0.25) is 0 Å². The van der Waals surface area contributed by atoms with Gasteiger partial charge in [0.2, 0.25) is 5.91 Å². The van der Waals surface area contributed by atoms with Crippen molar-refractivity contribution in [3.05, 3.63) is 42.1 Å². The molecule has 1 amide bonds. The molecule has 0 atom stereocenters. The summed E-state index contributed by atoms with van der Waals surface area (Å²) in [5.41, 5.74) is 5.43. The van der Waals surface area contributed by atoms with E-state index in [0.717, 1.165) is 24.2 Å². The lowest BCUT2D eigenvalue weighted by Gasteiger charge is -2.24. The molecule has 1 heterocycles. The molecular weight excluding hydrogens is 224 g/mol. The minimum atomic E-state index is -0.542. The van der Waals surface area contributed by atoms with Crippen molar-refractivity contribution >= 4 is 11.6 Å². The van der Waals surface area contributed by atoms with Crippen LogP contribution in [0.3, 0.4) is 0 Å². The number of aryl methyl sites for hydroxylation is 1. The van der Waals surface area contributed by atoms with Gasteiger partial charge in [0.1, 0.15) is 0 Å². The minimum absolute atomic E-state index is 0.00111. The SMILES string of the molecule is C=C1N(c2ccccc2CCC)NC(=O)C1(C)C. The van der Waals surface area contributed by atoms with E-state index >= 15 is 0 Å². The molecule has 0 aliphatic carbocycles. The second-order valence-electron chi connectivity index (χ2n) is 5.23. The molecule has 1 saturated heterocycles. The molecule has 3 nitrogen and oxygen atoms in total. The van der Waals surface area contributed by atoms with Crippen LogP contribution >= 0.6 is 0 Å². The van der Waals surface area contributed by atoms with Crippen molar-refractivity contribution in [3.8, 4) is 0 Å². The Balaban J connectivity index is 2.39. The summed E-state index contributed by atoms with van der Waals surface area (Å²) in [5, 5.41) is 1.83. The fourth-order valence-corrected chi connectivity index (χ4v) is 2.13. The number of rotatable bonds is 3. The Hall–Kier alpha value is -1.77. The lowest BCUT2D eigenvalue weighted by Crippen LogP contribution is -2.33. The first-order chi connectivity index (χ1) is 8.48. The summed E-state index contributed by atoms with van der Waals surface area (Å²) in [4.78, 5) is 11.9. The number of nitrogens with zero attached hydrogens (tertiary/aromatic N) is 1. The van der Waals surface area contributed by atoms with Crippen molar-refractivity contribution in [2.45, 2.75) is 33.6 Å². The van der Waals surface area contributed by atoms with E-state index in [1.807, 2.05) is 37.1 Å². The predicted molar refractivity (Wildman–Crippen MR) is 74.0 cm³/mol. The molecule has 1 fully saturated rings. The predicted octanol–water partition coefficient (Wildman–Crippen LogP) is 3.03. The monoisotopic (exact) mass is 244 g/mol. The van der Waals surface area contributed by atoms with Crippen LogP contribution in [0.5, 0.6) is 0 Å². The number of benzene rings is 1. The zero-order chi connectivity index (χ0) is 13.3. The summed E-state index contributed by atoms with van der Waals surface area (Å²) in [5.74, 6) is -0.00111. The topological polar surface area (TPSA) is 32.3 Å². The molecule has 0 unspecified atom stereocenters. The van der Waals surface area contributed by atoms with Crippen LogP contribution in [0.1, 0.15) is 32.8 Å². The number of anilines is 1. The summed E-state index contributed by atoms with van der Waals surface area (Å²) < 4.78 is 0. The molecule has 1 N–H and O–H groups in total. The average Bonchev–Trinajstić information content (AvgIpc) is 2.54. The Bertz CT molecular complexity index is 491. The third kappa shape index (κ3) is 1.90. The lowest BCUT2D eigenvalue weighted by molar-refractivity contribution is -0.125. The Morgan fingerprint density at radius 3 is 2.56 bits per heavy atom. The van der Waals surface area contributed by atoms with Gasteiger partial charge in [-0.2, -0.15) is 0 Å². The summed E-state index contributed by atoms with van der Waals surface area (Å²) >= 11 is 0. The van der Waals surface area contributed by atoms with Crippen molar-refractivity contribution in [3.63, 3.8) is 0 Å². The van der Waals surface area contributed by atoms with Gasteiger partial charge in [-0.15, -0.1) is 0 Å². The average molecular weight is 244 g/mol. The van der Waals surface area contributed by atoms with Crippen molar-refractivity contribution in [2.75, 3.05) is 5.01 Å². The smallest absolute Gasteiger partial charge is 0.250 e. The molecule has 1 aliphatic heterocycles. The maximum Gasteiger partial charge on any atom is 0.250 e. The second kappa shape index (κ2) is 4.48. The quantitative estimate of drug-likeness (QED) is 0.886. The van der Waals surface area contributed by atoms with Crippen LogP contribution in [-0.2, 0) is 11.2 Å². The van der Waals surface area contributed by atoms with Crippen LogP contribution in [-0.4, -0.2) is 5.91 Å².